The molecule has 0 aromatic heterocycles. The highest BCUT2D eigenvalue weighted by atomic mass is 15.1. The molecule has 0 bridgehead atoms. The van der Waals surface area contributed by atoms with Gasteiger partial charge in [-0.2, -0.15) is 0 Å². The van der Waals surface area contributed by atoms with E-state index in [-0.39, 0.29) is 0 Å². The third kappa shape index (κ3) is 2.71. The Morgan fingerprint density at radius 2 is 2.21 bits per heavy atom. The molecular weight excluding hydrogens is 172 g/mol. The summed E-state index contributed by atoms with van der Waals surface area (Å²) in [4.78, 5) is 0. The fourth-order valence-electron chi connectivity index (χ4n) is 2.36. The second-order valence-corrected chi connectivity index (χ2v) is 5.39. The first-order valence-corrected chi connectivity index (χ1v) is 6.20. The molecule has 2 nitrogen and oxygen atoms in total. The van der Waals surface area contributed by atoms with Crippen LogP contribution in [0.25, 0.3) is 0 Å². The second-order valence-electron chi connectivity index (χ2n) is 5.39. The van der Waals surface area contributed by atoms with Crippen molar-refractivity contribution in [2.45, 2.75) is 57.5 Å². The van der Waals surface area contributed by atoms with Crippen molar-refractivity contribution in [2.75, 3.05) is 13.1 Å². The minimum atomic E-state index is 0.501. The van der Waals surface area contributed by atoms with E-state index in [1.54, 1.807) is 0 Å². The molecule has 2 N–H and O–H groups in total. The first-order chi connectivity index (χ1) is 6.72. The maximum absolute atomic E-state index is 3.68. The molecule has 0 amide bonds. The lowest BCUT2D eigenvalue weighted by molar-refractivity contribution is 0.281. The SMILES string of the molecule is CCC1CCNC(CNC2(C)CC2)C1. The largest absolute Gasteiger partial charge is 0.313 e. The van der Waals surface area contributed by atoms with Crippen LogP contribution >= 0.6 is 0 Å². The molecule has 1 saturated carbocycles. The number of rotatable bonds is 4. The molecule has 2 aliphatic rings. The van der Waals surface area contributed by atoms with Gasteiger partial charge in [0.2, 0.25) is 0 Å². The topological polar surface area (TPSA) is 24.1 Å². The van der Waals surface area contributed by atoms with E-state index in [0.717, 1.165) is 12.0 Å². The Balaban J connectivity index is 1.69. The Hall–Kier alpha value is -0.0800. The Bertz CT molecular complexity index is 187. The normalized spacial score (nSPS) is 35.6. The van der Waals surface area contributed by atoms with Crippen LogP contribution in [0.4, 0.5) is 0 Å². The van der Waals surface area contributed by atoms with Crippen LogP contribution in [-0.2, 0) is 0 Å². The molecule has 1 heterocycles. The molecule has 2 fully saturated rings. The van der Waals surface area contributed by atoms with Gasteiger partial charge in [-0.3, -0.25) is 0 Å². The number of hydrogen-bond acceptors (Lipinski definition) is 2. The monoisotopic (exact) mass is 196 g/mol. The molecule has 0 spiro atoms. The van der Waals surface area contributed by atoms with Crippen LogP contribution in [-0.4, -0.2) is 24.7 Å². The average Bonchev–Trinajstić information content (AvgIpc) is 2.95. The van der Waals surface area contributed by atoms with Gasteiger partial charge in [0.1, 0.15) is 0 Å². The van der Waals surface area contributed by atoms with Crippen LogP contribution in [0.5, 0.6) is 0 Å². The lowest BCUT2D eigenvalue weighted by Crippen LogP contribution is -2.46. The molecule has 1 aliphatic carbocycles. The predicted molar refractivity (Wildman–Crippen MR) is 60.4 cm³/mol. The second kappa shape index (κ2) is 4.19. The summed E-state index contributed by atoms with van der Waals surface area (Å²) in [7, 11) is 0. The summed E-state index contributed by atoms with van der Waals surface area (Å²) >= 11 is 0. The van der Waals surface area contributed by atoms with Crippen molar-refractivity contribution in [3.8, 4) is 0 Å². The van der Waals surface area contributed by atoms with Gasteiger partial charge in [0.05, 0.1) is 0 Å². The van der Waals surface area contributed by atoms with Crippen LogP contribution in [0.1, 0.15) is 46.0 Å². The van der Waals surface area contributed by atoms with Crippen LogP contribution in [0.3, 0.4) is 0 Å². The van der Waals surface area contributed by atoms with E-state index in [9.17, 15) is 0 Å². The van der Waals surface area contributed by atoms with Crippen molar-refractivity contribution in [1.29, 1.82) is 0 Å². The van der Waals surface area contributed by atoms with Crippen molar-refractivity contribution >= 4 is 0 Å². The van der Waals surface area contributed by atoms with Crippen molar-refractivity contribution in [3.63, 3.8) is 0 Å². The van der Waals surface area contributed by atoms with Gasteiger partial charge in [-0.15, -0.1) is 0 Å². The third-order valence-corrected chi connectivity index (χ3v) is 3.96. The van der Waals surface area contributed by atoms with E-state index in [1.165, 1.54) is 45.2 Å². The van der Waals surface area contributed by atoms with Crippen LogP contribution in [0.15, 0.2) is 0 Å². The first kappa shape index (κ1) is 10.4. The fraction of sp³-hybridized carbons (Fsp3) is 1.00. The molecule has 2 atom stereocenters. The van der Waals surface area contributed by atoms with Gasteiger partial charge in [0.25, 0.3) is 0 Å². The Morgan fingerprint density at radius 1 is 1.43 bits per heavy atom. The summed E-state index contributed by atoms with van der Waals surface area (Å²) in [5.74, 6) is 0.968. The molecule has 0 radical (unpaired) electrons. The summed E-state index contributed by atoms with van der Waals surface area (Å²) in [5, 5.41) is 7.31. The molecule has 1 aliphatic heterocycles. The quantitative estimate of drug-likeness (QED) is 0.717. The van der Waals surface area contributed by atoms with Gasteiger partial charge in [0, 0.05) is 18.1 Å². The Kier molecular flexibility index (Phi) is 3.13. The Morgan fingerprint density at radius 3 is 2.86 bits per heavy atom. The molecule has 2 unspecified atom stereocenters. The van der Waals surface area contributed by atoms with Gasteiger partial charge >= 0.3 is 0 Å². The fourth-order valence-corrected chi connectivity index (χ4v) is 2.36. The zero-order valence-corrected chi connectivity index (χ0v) is 9.60. The Labute approximate surface area is 87.8 Å². The third-order valence-electron chi connectivity index (χ3n) is 3.96. The molecular formula is C12H24N2. The van der Waals surface area contributed by atoms with Gasteiger partial charge < -0.3 is 10.6 Å². The molecule has 1 saturated heterocycles. The van der Waals surface area contributed by atoms with Gasteiger partial charge in [-0.05, 0) is 45.1 Å². The predicted octanol–water partition coefficient (Wildman–Crippen LogP) is 1.91. The summed E-state index contributed by atoms with van der Waals surface area (Å²) < 4.78 is 0. The van der Waals surface area contributed by atoms with E-state index in [1.807, 2.05) is 0 Å². The van der Waals surface area contributed by atoms with Crippen LogP contribution in [0.2, 0.25) is 0 Å². The highest BCUT2D eigenvalue weighted by Crippen LogP contribution is 2.34. The van der Waals surface area contributed by atoms with Gasteiger partial charge in [-0.25, -0.2) is 0 Å². The highest BCUT2D eigenvalue weighted by molar-refractivity contribution is 4.98. The van der Waals surface area contributed by atoms with E-state index in [2.05, 4.69) is 24.5 Å². The maximum atomic E-state index is 3.68. The number of piperidine rings is 1. The average molecular weight is 196 g/mol. The van der Waals surface area contributed by atoms with Crippen molar-refractivity contribution < 1.29 is 0 Å². The summed E-state index contributed by atoms with van der Waals surface area (Å²) in [6, 6.07) is 0.728. The van der Waals surface area contributed by atoms with Crippen LogP contribution < -0.4 is 10.6 Å². The van der Waals surface area contributed by atoms with Crippen LogP contribution in [0, 0.1) is 5.92 Å². The molecule has 82 valence electrons. The standard InChI is InChI=1S/C12H24N2/c1-3-10-4-7-13-11(8-10)9-14-12(2)5-6-12/h10-11,13-14H,3-9H2,1-2H3. The number of nitrogens with one attached hydrogen (secondary N) is 2. The summed E-state index contributed by atoms with van der Waals surface area (Å²) in [6.07, 6.45) is 6.85. The lowest BCUT2D eigenvalue weighted by Gasteiger charge is -2.30. The maximum Gasteiger partial charge on any atom is 0.0195 e. The smallest absolute Gasteiger partial charge is 0.0195 e. The zero-order valence-electron chi connectivity index (χ0n) is 9.60. The van der Waals surface area contributed by atoms with Crippen molar-refractivity contribution in [2.24, 2.45) is 5.92 Å². The van der Waals surface area contributed by atoms with E-state index in [4.69, 9.17) is 0 Å². The molecule has 14 heavy (non-hydrogen) atoms. The zero-order chi connectivity index (χ0) is 10.0. The van der Waals surface area contributed by atoms with E-state index >= 15 is 0 Å². The van der Waals surface area contributed by atoms with Gasteiger partial charge in [0.15, 0.2) is 0 Å². The van der Waals surface area contributed by atoms with Gasteiger partial charge in [-0.1, -0.05) is 13.3 Å². The minimum Gasteiger partial charge on any atom is -0.313 e. The summed E-state index contributed by atoms with van der Waals surface area (Å²) in [5.41, 5.74) is 0.501. The molecule has 0 aromatic rings. The lowest BCUT2D eigenvalue weighted by atomic mass is 9.90. The minimum absolute atomic E-state index is 0.501. The molecule has 2 heteroatoms. The van der Waals surface area contributed by atoms with Crippen molar-refractivity contribution in [3.05, 3.63) is 0 Å². The highest BCUT2D eigenvalue weighted by Gasteiger charge is 2.37. The van der Waals surface area contributed by atoms with E-state index in [0.29, 0.717) is 5.54 Å². The summed E-state index contributed by atoms with van der Waals surface area (Å²) in [6.45, 7) is 7.06. The molecule has 2 rings (SSSR count). The molecule has 0 aromatic carbocycles. The van der Waals surface area contributed by atoms with Crippen molar-refractivity contribution in [1.82, 2.24) is 10.6 Å². The number of hydrogen-bond donors (Lipinski definition) is 2. The first-order valence-electron chi connectivity index (χ1n) is 6.20. The van der Waals surface area contributed by atoms with E-state index < -0.39 is 0 Å².